The quantitative estimate of drug-likeness (QED) is 0.275. The normalized spacial score (nSPS) is 21.6. The average molecular weight is 435 g/mol. The number of alkyl halides is 5. The Hall–Kier alpha value is -0.930. The van der Waals surface area contributed by atoms with Crippen molar-refractivity contribution in [1.29, 1.82) is 0 Å². The minimum Gasteiger partial charge on any atom is -0.549 e. The molecule has 124 valence electrons. The molecule has 0 fully saturated rings. The summed E-state index contributed by atoms with van der Waals surface area (Å²) in [6, 6.07) is 0. The number of unbranched alkanes of at least 4 members (excludes halogenated alkanes) is 1. The van der Waals surface area contributed by atoms with E-state index in [9.17, 15) is 31.9 Å². The van der Waals surface area contributed by atoms with Crippen molar-refractivity contribution in [1.82, 2.24) is 0 Å². The molecule has 0 radical (unpaired) electrons. The van der Waals surface area contributed by atoms with Crippen LogP contribution in [-0.2, 0) is 4.79 Å². The van der Waals surface area contributed by atoms with Gasteiger partial charge in [0, 0.05) is 3.58 Å². The maximum absolute atomic E-state index is 13.7. The van der Waals surface area contributed by atoms with Gasteiger partial charge in [-0.05, 0) is 54.0 Å². The van der Waals surface area contributed by atoms with Gasteiger partial charge in [-0.25, -0.2) is 8.78 Å². The standard InChI is InChI=1S/C14H14F5IO2/c15-13(16)8-10(20)7-9(11(13)12(21)22)5-3-1-2-4-6-14(17,18)19/h2,4,7-8,11H,1,3,5-6H2,(H,21,22)/p-1. The van der Waals surface area contributed by atoms with Gasteiger partial charge in [-0.1, -0.05) is 17.7 Å². The molecule has 0 bridgehead atoms. The molecular weight excluding hydrogens is 422 g/mol. The number of carbonyl (C=O) groups is 1. The minimum atomic E-state index is -4.27. The Kier molecular flexibility index (Phi) is 6.57. The van der Waals surface area contributed by atoms with Crippen LogP contribution in [0.5, 0.6) is 0 Å². The zero-order valence-electron chi connectivity index (χ0n) is 11.3. The monoisotopic (exact) mass is 435 g/mol. The van der Waals surface area contributed by atoms with Crippen LogP contribution in [0.4, 0.5) is 22.0 Å². The van der Waals surface area contributed by atoms with E-state index in [0.717, 1.165) is 6.08 Å². The van der Waals surface area contributed by atoms with Crippen LogP contribution < -0.4 is 5.11 Å². The predicted octanol–water partition coefficient (Wildman–Crippen LogP) is 3.93. The molecule has 8 heteroatoms. The van der Waals surface area contributed by atoms with E-state index < -0.39 is 30.4 Å². The summed E-state index contributed by atoms with van der Waals surface area (Å²) >= 11 is 1.67. The van der Waals surface area contributed by atoms with Crippen molar-refractivity contribution in [2.75, 3.05) is 0 Å². The lowest BCUT2D eigenvalue weighted by molar-refractivity contribution is -0.315. The highest BCUT2D eigenvalue weighted by Gasteiger charge is 2.42. The number of allylic oxidation sites excluding steroid dienone is 5. The summed E-state index contributed by atoms with van der Waals surface area (Å²) in [6.45, 7) is 0. The van der Waals surface area contributed by atoms with E-state index in [2.05, 4.69) is 0 Å². The first-order valence-electron chi connectivity index (χ1n) is 6.42. The molecular formula is C14H13F5IO2-. The topological polar surface area (TPSA) is 40.1 Å². The molecule has 22 heavy (non-hydrogen) atoms. The Labute approximate surface area is 137 Å². The molecule has 0 heterocycles. The molecule has 1 aliphatic rings. The first kappa shape index (κ1) is 19.1. The number of carboxylic acids is 1. The van der Waals surface area contributed by atoms with Crippen molar-refractivity contribution in [3.63, 3.8) is 0 Å². The number of halogens is 6. The Balaban J connectivity index is 2.60. The molecule has 1 atom stereocenters. The van der Waals surface area contributed by atoms with Crippen LogP contribution in [0.2, 0.25) is 0 Å². The molecule has 0 aromatic rings. The second kappa shape index (κ2) is 7.56. The molecule has 0 saturated carbocycles. The third kappa shape index (κ3) is 6.05. The van der Waals surface area contributed by atoms with Gasteiger partial charge in [0.1, 0.15) is 0 Å². The number of aliphatic carboxylic acids is 1. The van der Waals surface area contributed by atoms with E-state index in [1.807, 2.05) is 0 Å². The Morgan fingerprint density at radius 1 is 1.36 bits per heavy atom. The molecule has 2 nitrogen and oxygen atoms in total. The Bertz CT molecular complexity index is 506. The zero-order valence-corrected chi connectivity index (χ0v) is 13.5. The van der Waals surface area contributed by atoms with Gasteiger partial charge in [0.25, 0.3) is 5.92 Å². The first-order valence-corrected chi connectivity index (χ1v) is 7.50. The van der Waals surface area contributed by atoms with Crippen molar-refractivity contribution in [3.8, 4) is 0 Å². The van der Waals surface area contributed by atoms with Crippen molar-refractivity contribution >= 4 is 28.6 Å². The van der Waals surface area contributed by atoms with Gasteiger partial charge in [0.15, 0.2) is 0 Å². The first-order chi connectivity index (χ1) is 10.0. The fourth-order valence-electron chi connectivity index (χ4n) is 2.10. The van der Waals surface area contributed by atoms with Gasteiger partial charge in [0.05, 0.1) is 18.3 Å². The van der Waals surface area contributed by atoms with Gasteiger partial charge in [-0.3, -0.25) is 0 Å². The predicted molar refractivity (Wildman–Crippen MR) is 77.3 cm³/mol. The van der Waals surface area contributed by atoms with Crippen molar-refractivity contribution < 1.29 is 31.9 Å². The van der Waals surface area contributed by atoms with Gasteiger partial charge >= 0.3 is 6.18 Å². The van der Waals surface area contributed by atoms with E-state index in [0.29, 0.717) is 6.08 Å². The largest absolute Gasteiger partial charge is 0.549 e. The second-order valence-electron chi connectivity index (χ2n) is 4.86. The van der Waals surface area contributed by atoms with E-state index in [4.69, 9.17) is 0 Å². The smallest absolute Gasteiger partial charge is 0.392 e. The fraction of sp³-hybridized carbons (Fsp3) is 0.500. The lowest BCUT2D eigenvalue weighted by Gasteiger charge is -2.31. The maximum Gasteiger partial charge on any atom is 0.392 e. The number of rotatable bonds is 6. The molecule has 0 spiro atoms. The van der Waals surface area contributed by atoms with Crippen LogP contribution in [0.3, 0.4) is 0 Å². The van der Waals surface area contributed by atoms with Gasteiger partial charge < -0.3 is 9.90 Å². The summed E-state index contributed by atoms with van der Waals surface area (Å²) in [5.41, 5.74) is 0.0288. The minimum absolute atomic E-state index is 0.0288. The second-order valence-corrected chi connectivity index (χ2v) is 6.10. The molecule has 0 saturated heterocycles. The van der Waals surface area contributed by atoms with E-state index in [1.54, 1.807) is 22.6 Å². The van der Waals surface area contributed by atoms with Crippen LogP contribution in [0, 0.1) is 5.92 Å². The van der Waals surface area contributed by atoms with E-state index >= 15 is 0 Å². The molecule has 1 unspecified atom stereocenters. The molecule has 1 rings (SSSR count). The van der Waals surface area contributed by atoms with Crippen molar-refractivity contribution in [2.24, 2.45) is 5.92 Å². The summed E-state index contributed by atoms with van der Waals surface area (Å²) in [7, 11) is 0. The van der Waals surface area contributed by atoms with Crippen molar-refractivity contribution in [3.05, 3.63) is 33.5 Å². The van der Waals surface area contributed by atoms with Crippen LogP contribution >= 0.6 is 22.6 Å². The van der Waals surface area contributed by atoms with Gasteiger partial charge in [-0.15, -0.1) is 0 Å². The Morgan fingerprint density at radius 3 is 2.55 bits per heavy atom. The summed E-state index contributed by atoms with van der Waals surface area (Å²) in [4.78, 5) is 10.9. The van der Waals surface area contributed by atoms with E-state index in [-0.39, 0.29) is 28.4 Å². The zero-order chi connectivity index (χ0) is 17.0. The average Bonchev–Trinajstić information content (AvgIpc) is 2.29. The van der Waals surface area contributed by atoms with Gasteiger partial charge in [-0.2, -0.15) is 13.2 Å². The van der Waals surface area contributed by atoms with E-state index in [1.165, 1.54) is 12.2 Å². The highest BCUT2D eigenvalue weighted by atomic mass is 127. The van der Waals surface area contributed by atoms with Crippen molar-refractivity contribution in [2.45, 2.75) is 37.8 Å². The molecule has 0 aromatic carbocycles. The molecule has 0 aromatic heterocycles. The lowest BCUT2D eigenvalue weighted by atomic mass is 9.85. The number of hydrogen-bond donors (Lipinski definition) is 0. The Morgan fingerprint density at radius 2 is 2.00 bits per heavy atom. The fourth-order valence-corrected chi connectivity index (χ4v) is 2.92. The lowest BCUT2D eigenvalue weighted by Crippen LogP contribution is -2.44. The third-order valence-corrected chi connectivity index (χ3v) is 3.62. The maximum atomic E-state index is 13.7. The van der Waals surface area contributed by atoms with Crippen LogP contribution in [0.25, 0.3) is 0 Å². The third-order valence-electron chi connectivity index (χ3n) is 3.00. The summed E-state index contributed by atoms with van der Waals surface area (Å²) in [5.74, 6) is -7.40. The number of carboxylic acid groups (broad SMARTS) is 1. The number of hydrogen-bond acceptors (Lipinski definition) is 2. The summed E-state index contributed by atoms with van der Waals surface area (Å²) in [5, 5.41) is 10.9. The summed E-state index contributed by atoms with van der Waals surface area (Å²) in [6.07, 6.45) is -0.526. The highest BCUT2D eigenvalue weighted by Crippen LogP contribution is 2.40. The SMILES string of the molecule is O=C([O-])C1C(CCCC=CCC(F)(F)F)=CC(I)=CC1(F)F. The molecule has 0 aliphatic heterocycles. The molecule has 0 amide bonds. The summed E-state index contributed by atoms with van der Waals surface area (Å²) < 4.78 is 63.3. The highest BCUT2D eigenvalue weighted by molar-refractivity contribution is 14.1. The molecule has 0 N–H and O–H groups in total. The van der Waals surface area contributed by atoms with Crippen LogP contribution in [0.1, 0.15) is 25.7 Å². The van der Waals surface area contributed by atoms with Crippen LogP contribution in [0.15, 0.2) is 33.5 Å². The number of carbonyl (C=O) groups excluding carboxylic acids is 1. The molecule has 1 aliphatic carbocycles. The van der Waals surface area contributed by atoms with Crippen LogP contribution in [-0.4, -0.2) is 18.1 Å². The van der Waals surface area contributed by atoms with Gasteiger partial charge in [0.2, 0.25) is 0 Å².